The summed E-state index contributed by atoms with van der Waals surface area (Å²) < 4.78 is 5.87. The Kier molecular flexibility index (Phi) is 8.84. The van der Waals surface area contributed by atoms with E-state index in [1.54, 1.807) is 4.90 Å². The lowest BCUT2D eigenvalue weighted by molar-refractivity contribution is -0.125. The van der Waals surface area contributed by atoms with Gasteiger partial charge in [-0.3, -0.25) is 14.5 Å². The summed E-state index contributed by atoms with van der Waals surface area (Å²) in [6.45, 7) is 10.8. The monoisotopic (exact) mass is 470 g/mol. The molecule has 3 aliphatic rings. The highest BCUT2D eigenvalue weighted by atomic mass is 16.5. The molecule has 0 aromatic heterocycles. The fourth-order valence-corrected chi connectivity index (χ4v) is 5.56. The van der Waals surface area contributed by atoms with Crippen LogP contribution in [-0.2, 0) is 9.59 Å². The first kappa shape index (κ1) is 25.0. The molecule has 1 saturated heterocycles. The van der Waals surface area contributed by atoms with Gasteiger partial charge in [0.25, 0.3) is 0 Å². The number of fused-ring (bicyclic) bond motifs is 1. The third-order valence-corrected chi connectivity index (χ3v) is 7.51. The highest BCUT2D eigenvalue weighted by Crippen LogP contribution is 2.34. The molecule has 188 valence electrons. The average molecular weight is 471 g/mol. The lowest BCUT2D eigenvalue weighted by Gasteiger charge is -2.40. The number of hydrogen-bond donors (Lipinski definition) is 1. The number of rotatable bonds is 8. The standard InChI is InChI=1S/C27H42N4O3/c1-21-9-10-25-24(19-21)31(20-22(2)34-25)27(33)12-11-26(32)28-13-6-14-29-15-17-30(18-16-29)23-7-4-3-5-8-23/h9-10,19,22-23H,3-8,11-18,20H2,1-2H3,(H,28,32)/t22-/m1/s1. The summed E-state index contributed by atoms with van der Waals surface area (Å²) in [5.74, 6) is 0.677. The molecule has 1 N–H and O–H groups in total. The molecule has 0 unspecified atom stereocenters. The minimum Gasteiger partial charge on any atom is -0.487 e. The lowest BCUT2D eigenvalue weighted by Crippen LogP contribution is -2.51. The summed E-state index contributed by atoms with van der Waals surface area (Å²) in [6.07, 6.45) is 8.31. The van der Waals surface area contributed by atoms with Crippen LogP contribution in [0.15, 0.2) is 18.2 Å². The number of aryl methyl sites for hydroxylation is 1. The van der Waals surface area contributed by atoms with Crippen LogP contribution in [0.2, 0.25) is 0 Å². The van der Waals surface area contributed by atoms with E-state index >= 15 is 0 Å². The van der Waals surface area contributed by atoms with E-state index in [9.17, 15) is 9.59 Å². The number of benzene rings is 1. The Hall–Kier alpha value is -2.12. The molecular formula is C27H42N4O3. The second-order valence-electron chi connectivity index (χ2n) is 10.3. The number of piperazine rings is 1. The zero-order valence-corrected chi connectivity index (χ0v) is 21.1. The van der Waals surface area contributed by atoms with Crippen molar-refractivity contribution in [2.24, 2.45) is 0 Å². The number of hydrogen-bond acceptors (Lipinski definition) is 5. The van der Waals surface area contributed by atoms with E-state index in [0.29, 0.717) is 13.1 Å². The Morgan fingerprint density at radius 3 is 2.59 bits per heavy atom. The molecule has 0 spiro atoms. The zero-order valence-electron chi connectivity index (χ0n) is 21.1. The summed E-state index contributed by atoms with van der Waals surface area (Å²) in [5, 5.41) is 3.01. The molecule has 1 aromatic rings. The van der Waals surface area contributed by atoms with Crippen molar-refractivity contribution in [1.29, 1.82) is 0 Å². The quantitative estimate of drug-likeness (QED) is 0.591. The number of carbonyl (C=O) groups is 2. The fraction of sp³-hybridized carbons (Fsp3) is 0.704. The SMILES string of the molecule is Cc1ccc2c(c1)N(C(=O)CCC(=O)NCCCN1CCN(C3CCCCC3)CC1)C[C@@H](C)O2. The summed E-state index contributed by atoms with van der Waals surface area (Å²) in [7, 11) is 0. The van der Waals surface area contributed by atoms with E-state index < -0.39 is 0 Å². The van der Waals surface area contributed by atoms with Crippen LogP contribution in [0.4, 0.5) is 5.69 Å². The van der Waals surface area contributed by atoms with Gasteiger partial charge in [-0.05, 0) is 57.4 Å². The van der Waals surface area contributed by atoms with Gasteiger partial charge >= 0.3 is 0 Å². The maximum Gasteiger partial charge on any atom is 0.227 e. The molecular weight excluding hydrogens is 428 g/mol. The predicted molar refractivity (Wildman–Crippen MR) is 135 cm³/mol. The Morgan fingerprint density at radius 1 is 1.06 bits per heavy atom. The molecule has 0 bridgehead atoms. The van der Waals surface area contributed by atoms with Crippen LogP contribution in [0, 0.1) is 6.92 Å². The van der Waals surface area contributed by atoms with Crippen LogP contribution in [0.3, 0.4) is 0 Å². The molecule has 7 nitrogen and oxygen atoms in total. The third-order valence-electron chi connectivity index (χ3n) is 7.51. The van der Waals surface area contributed by atoms with Gasteiger partial charge in [-0.25, -0.2) is 0 Å². The Morgan fingerprint density at radius 2 is 1.82 bits per heavy atom. The van der Waals surface area contributed by atoms with Crippen molar-refractivity contribution in [3.63, 3.8) is 0 Å². The number of amides is 2. The summed E-state index contributed by atoms with van der Waals surface area (Å²) in [5.41, 5.74) is 1.90. The van der Waals surface area contributed by atoms with Crippen molar-refractivity contribution in [2.75, 3.05) is 50.7 Å². The van der Waals surface area contributed by atoms with Gasteiger partial charge in [0.1, 0.15) is 11.9 Å². The molecule has 2 fully saturated rings. The molecule has 1 saturated carbocycles. The number of nitrogens with one attached hydrogen (secondary N) is 1. The Balaban J connectivity index is 1.11. The zero-order chi connectivity index (χ0) is 23.9. The molecule has 1 aliphatic carbocycles. The topological polar surface area (TPSA) is 65.1 Å². The average Bonchev–Trinajstić information content (AvgIpc) is 2.86. The van der Waals surface area contributed by atoms with Crippen molar-refractivity contribution in [2.45, 2.75) is 77.4 Å². The molecule has 2 amide bonds. The van der Waals surface area contributed by atoms with Crippen LogP contribution in [-0.4, -0.2) is 79.6 Å². The second kappa shape index (κ2) is 12.0. The number of nitrogens with zero attached hydrogens (tertiary/aromatic N) is 3. The Bertz CT molecular complexity index is 831. The number of ether oxygens (including phenoxy) is 1. The van der Waals surface area contributed by atoms with Crippen LogP contribution < -0.4 is 15.0 Å². The molecule has 0 radical (unpaired) electrons. The van der Waals surface area contributed by atoms with Gasteiger partial charge < -0.3 is 19.9 Å². The maximum atomic E-state index is 12.9. The van der Waals surface area contributed by atoms with E-state index in [2.05, 4.69) is 15.1 Å². The predicted octanol–water partition coefficient (Wildman–Crippen LogP) is 3.35. The second-order valence-corrected chi connectivity index (χ2v) is 10.3. The molecule has 7 heteroatoms. The smallest absolute Gasteiger partial charge is 0.227 e. The maximum absolute atomic E-state index is 12.9. The summed E-state index contributed by atoms with van der Waals surface area (Å²) >= 11 is 0. The molecule has 2 aliphatic heterocycles. The Labute approximate surface area is 204 Å². The first-order valence-corrected chi connectivity index (χ1v) is 13.3. The van der Waals surface area contributed by atoms with E-state index in [-0.39, 0.29) is 30.8 Å². The highest BCUT2D eigenvalue weighted by molar-refractivity contribution is 5.97. The number of anilines is 1. The van der Waals surface area contributed by atoms with Gasteiger partial charge in [0.15, 0.2) is 0 Å². The normalized spacial score (nSPS) is 22.2. The van der Waals surface area contributed by atoms with Crippen molar-refractivity contribution in [1.82, 2.24) is 15.1 Å². The van der Waals surface area contributed by atoms with Crippen molar-refractivity contribution in [3.8, 4) is 5.75 Å². The first-order valence-electron chi connectivity index (χ1n) is 13.3. The molecule has 1 aromatic carbocycles. The molecule has 4 rings (SSSR count). The van der Waals surface area contributed by atoms with Crippen LogP contribution >= 0.6 is 0 Å². The molecule has 1 atom stereocenters. The van der Waals surface area contributed by atoms with Crippen molar-refractivity contribution < 1.29 is 14.3 Å². The van der Waals surface area contributed by atoms with Gasteiger partial charge in [-0.15, -0.1) is 0 Å². The van der Waals surface area contributed by atoms with E-state index in [1.807, 2.05) is 32.0 Å². The highest BCUT2D eigenvalue weighted by Gasteiger charge is 2.28. The van der Waals surface area contributed by atoms with Gasteiger partial charge in [0.2, 0.25) is 11.8 Å². The number of carbonyl (C=O) groups excluding carboxylic acids is 2. The van der Waals surface area contributed by atoms with Gasteiger partial charge in [-0.2, -0.15) is 0 Å². The van der Waals surface area contributed by atoms with Gasteiger partial charge in [0, 0.05) is 51.6 Å². The van der Waals surface area contributed by atoms with Crippen molar-refractivity contribution >= 4 is 17.5 Å². The summed E-state index contributed by atoms with van der Waals surface area (Å²) in [6, 6.07) is 6.71. The van der Waals surface area contributed by atoms with Gasteiger partial charge in [-0.1, -0.05) is 25.3 Å². The fourth-order valence-electron chi connectivity index (χ4n) is 5.56. The molecule has 34 heavy (non-hydrogen) atoms. The van der Waals surface area contributed by atoms with Crippen LogP contribution in [0.1, 0.15) is 63.9 Å². The van der Waals surface area contributed by atoms with E-state index in [0.717, 1.165) is 49.1 Å². The lowest BCUT2D eigenvalue weighted by atomic mass is 9.94. The van der Waals surface area contributed by atoms with Crippen molar-refractivity contribution in [3.05, 3.63) is 23.8 Å². The summed E-state index contributed by atoms with van der Waals surface area (Å²) in [4.78, 5) is 32.2. The van der Waals surface area contributed by atoms with Gasteiger partial charge in [0.05, 0.1) is 12.2 Å². The third kappa shape index (κ3) is 6.72. The minimum atomic E-state index is -0.0579. The van der Waals surface area contributed by atoms with E-state index in [1.165, 1.54) is 45.2 Å². The van der Waals surface area contributed by atoms with Crippen LogP contribution in [0.25, 0.3) is 0 Å². The van der Waals surface area contributed by atoms with E-state index in [4.69, 9.17) is 4.74 Å². The first-order chi connectivity index (χ1) is 16.5. The minimum absolute atomic E-state index is 0.0204. The molecule has 2 heterocycles. The largest absolute Gasteiger partial charge is 0.487 e. The van der Waals surface area contributed by atoms with Crippen LogP contribution in [0.5, 0.6) is 5.75 Å².